The minimum absolute atomic E-state index is 0.0663. The summed E-state index contributed by atoms with van der Waals surface area (Å²) in [5, 5.41) is 2.41. The quantitative estimate of drug-likeness (QED) is 0.819. The zero-order valence-corrected chi connectivity index (χ0v) is 13.3. The van der Waals surface area contributed by atoms with Crippen LogP contribution < -0.4 is 10.1 Å². The van der Waals surface area contributed by atoms with Gasteiger partial charge in [0.2, 0.25) is 0 Å². The molecule has 4 nitrogen and oxygen atoms in total. The summed E-state index contributed by atoms with van der Waals surface area (Å²) in [6, 6.07) is 10.9. The Bertz CT molecular complexity index is 718. The summed E-state index contributed by atoms with van der Waals surface area (Å²) in [7, 11) is 0. The van der Waals surface area contributed by atoms with Crippen LogP contribution in [-0.4, -0.2) is 18.3 Å². The summed E-state index contributed by atoms with van der Waals surface area (Å²) < 4.78 is 19.5. The first-order valence-corrected chi connectivity index (χ1v) is 7.24. The molecule has 0 aliphatic rings. The second-order valence-corrected chi connectivity index (χ2v) is 5.43. The normalized spacial score (nSPS) is 10.1. The van der Waals surface area contributed by atoms with Crippen molar-refractivity contribution in [1.29, 1.82) is 0 Å². The molecule has 6 heteroatoms. The maximum absolute atomic E-state index is 13.6. The summed E-state index contributed by atoms with van der Waals surface area (Å²) in [6.45, 7) is 1.10. The van der Waals surface area contributed by atoms with Gasteiger partial charge in [-0.2, -0.15) is 0 Å². The van der Waals surface area contributed by atoms with Gasteiger partial charge in [0, 0.05) is 4.47 Å². The molecular formula is C16H13BrFNO3. The van der Waals surface area contributed by atoms with Gasteiger partial charge in [-0.05, 0) is 37.3 Å². The van der Waals surface area contributed by atoms with Gasteiger partial charge in [0.05, 0.1) is 11.3 Å². The number of amides is 1. The van der Waals surface area contributed by atoms with E-state index in [-0.39, 0.29) is 18.1 Å². The monoisotopic (exact) mass is 365 g/mol. The largest absolute Gasteiger partial charge is 0.483 e. The fourth-order valence-electron chi connectivity index (χ4n) is 1.80. The van der Waals surface area contributed by atoms with Gasteiger partial charge in [-0.3, -0.25) is 9.59 Å². The Balaban J connectivity index is 2.00. The topological polar surface area (TPSA) is 55.4 Å². The molecule has 0 atom stereocenters. The van der Waals surface area contributed by atoms with Crippen molar-refractivity contribution in [3.05, 3.63) is 58.3 Å². The highest BCUT2D eigenvalue weighted by atomic mass is 79.9. The first-order chi connectivity index (χ1) is 10.5. The van der Waals surface area contributed by atoms with E-state index >= 15 is 0 Å². The Morgan fingerprint density at radius 2 is 1.95 bits per heavy atom. The molecule has 0 heterocycles. The Morgan fingerprint density at radius 3 is 2.64 bits per heavy atom. The van der Waals surface area contributed by atoms with E-state index in [0.29, 0.717) is 15.8 Å². The van der Waals surface area contributed by atoms with Crippen molar-refractivity contribution >= 4 is 33.3 Å². The number of nitrogens with one attached hydrogen (secondary N) is 1. The molecule has 0 aliphatic carbocycles. The first-order valence-electron chi connectivity index (χ1n) is 6.45. The number of rotatable bonds is 5. The van der Waals surface area contributed by atoms with E-state index in [1.54, 1.807) is 30.3 Å². The highest BCUT2D eigenvalue weighted by Gasteiger charge is 2.11. The van der Waals surface area contributed by atoms with E-state index in [9.17, 15) is 14.0 Å². The number of halogens is 2. The summed E-state index contributed by atoms with van der Waals surface area (Å²) in [5.41, 5.74) is 0.460. The van der Waals surface area contributed by atoms with Gasteiger partial charge in [-0.15, -0.1) is 0 Å². The predicted octanol–water partition coefficient (Wildman–Crippen LogP) is 3.81. The molecule has 0 bridgehead atoms. The molecule has 0 fully saturated rings. The van der Waals surface area contributed by atoms with Crippen LogP contribution in [0, 0.1) is 5.82 Å². The Morgan fingerprint density at radius 1 is 1.23 bits per heavy atom. The fraction of sp³-hybridized carbons (Fsp3) is 0.125. The molecule has 0 saturated carbocycles. The highest BCUT2D eigenvalue weighted by Crippen LogP contribution is 2.20. The van der Waals surface area contributed by atoms with Crippen LogP contribution in [0.25, 0.3) is 0 Å². The number of anilines is 1. The molecule has 0 spiro atoms. The summed E-state index contributed by atoms with van der Waals surface area (Å²) in [5.74, 6) is -0.900. The number of hydrogen-bond acceptors (Lipinski definition) is 3. The van der Waals surface area contributed by atoms with Gasteiger partial charge in [0.15, 0.2) is 12.4 Å². The molecule has 0 radical (unpaired) electrons. The van der Waals surface area contributed by atoms with Crippen LogP contribution in [0.5, 0.6) is 5.75 Å². The van der Waals surface area contributed by atoms with Gasteiger partial charge < -0.3 is 10.1 Å². The molecule has 114 valence electrons. The van der Waals surface area contributed by atoms with Crippen LogP contribution in [0.15, 0.2) is 46.9 Å². The van der Waals surface area contributed by atoms with E-state index in [1.807, 2.05) is 0 Å². The third kappa shape index (κ3) is 4.14. The van der Waals surface area contributed by atoms with E-state index in [0.717, 1.165) is 0 Å². The van der Waals surface area contributed by atoms with Gasteiger partial charge in [-0.1, -0.05) is 28.1 Å². The number of Topliss-reactive ketones (excluding diaryl/α,β-unsaturated/α-hetero) is 1. The second kappa shape index (κ2) is 7.17. The highest BCUT2D eigenvalue weighted by molar-refractivity contribution is 9.10. The molecule has 22 heavy (non-hydrogen) atoms. The zero-order chi connectivity index (χ0) is 16.1. The standard InChI is InChI=1S/C16H13BrFNO3/c1-10(20)12-4-2-3-5-15(12)22-9-16(21)19-14-7-6-11(17)8-13(14)18/h2-8H,9H2,1H3,(H,19,21). The first kappa shape index (κ1) is 16.2. The van der Waals surface area contributed by atoms with Gasteiger partial charge in [-0.25, -0.2) is 4.39 Å². The molecule has 1 N–H and O–H groups in total. The predicted molar refractivity (Wildman–Crippen MR) is 84.7 cm³/mol. The van der Waals surface area contributed by atoms with Crippen LogP contribution in [0.2, 0.25) is 0 Å². The number of para-hydroxylation sites is 1. The summed E-state index contributed by atoms with van der Waals surface area (Å²) in [4.78, 5) is 23.2. The van der Waals surface area contributed by atoms with Crippen LogP contribution in [0.4, 0.5) is 10.1 Å². The third-order valence-electron chi connectivity index (χ3n) is 2.83. The Labute approximate surface area is 135 Å². The van der Waals surface area contributed by atoms with Crippen molar-refractivity contribution in [2.75, 3.05) is 11.9 Å². The molecule has 0 aromatic heterocycles. The average Bonchev–Trinajstić information content (AvgIpc) is 2.48. The maximum Gasteiger partial charge on any atom is 0.262 e. The Kier molecular flexibility index (Phi) is 5.27. The lowest BCUT2D eigenvalue weighted by molar-refractivity contribution is -0.118. The molecule has 0 aliphatic heterocycles. The van der Waals surface area contributed by atoms with Crippen molar-refractivity contribution < 1.29 is 18.7 Å². The molecule has 2 rings (SSSR count). The smallest absolute Gasteiger partial charge is 0.262 e. The van der Waals surface area contributed by atoms with Gasteiger partial charge >= 0.3 is 0 Å². The van der Waals surface area contributed by atoms with Gasteiger partial charge in [0.1, 0.15) is 11.6 Å². The number of carbonyl (C=O) groups excluding carboxylic acids is 2. The van der Waals surface area contributed by atoms with Crippen molar-refractivity contribution in [2.24, 2.45) is 0 Å². The lowest BCUT2D eigenvalue weighted by Gasteiger charge is -2.10. The third-order valence-corrected chi connectivity index (χ3v) is 3.32. The number of ketones is 1. The molecule has 2 aromatic carbocycles. The SMILES string of the molecule is CC(=O)c1ccccc1OCC(=O)Nc1ccc(Br)cc1F. The maximum atomic E-state index is 13.6. The molecule has 2 aromatic rings. The fourth-order valence-corrected chi connectivity index (χ4v) is 2.14. The number of benzene rings is 2. The molecule has 0 saturated heterocycles. The van der Waals surface area contributed by atoms with Gasteiger partial charge in [0.25, 0.3) is 5.91 Å². The molecule has 1 amide bonds. The number of hydrogen-bond donors (Lipinski definition) is 1. The minimum atomic E-state index is -0.549. The minimum Gasteiger partial charge on any atom is -0.483 e. The van der Waals surface area contributed by atoms with E-state index in [2.05, 4.69) is 21.2 Å². The zero-order valence-electron chi connectivity index (χ0n) is 11.7. The van der Waals surface area contributed by atoms with Crippen molar-refractivity contribution in [2.45, 2.75) is 6.92 Å². The van der Waals surface area contributed by atoms with Crippen molar-refractivity contribution in [3.63, 3.8) is 0 Å². The molecule has 0 unspecified atom stereocenters. The molecular weight excluding hydrogens is 353 g/mol. The number of carbonyl (C=O) groups is 2. The second-order valence-electron chi connectivity index (χ2n) is 4.51. The summed E-state index contributed by atoms with van der Waals surface area (Å²) in [6.07, 6.45) is 0. The lowest BCUT2D eigenvalue weighted by atomic mass is 10.1. The number of ether oxygens (including phenoxy) is 1. The lowest BCUT2D eigenvalue weighted by Crippen LogP contribution is -2.21. The van der Waals surface area contributed by atoms with Crippen LogP contribution in [-0.2, 0) is 4.79 Å². The van der Waals surface area contributed by atoms with E-state index < -0.39 is 11.7 Å². The average molecular weight is 366 g/mol. The Hall–Kier alpha value is -2.21. The van der Waals surface area contributed by atoms with Crippen LogP contribution >= 0.6 is 15.9 Å². The van der Waals surface area contributed by atoms with Crippen LogP contribution in [0.1, 0.15) is 17.3 Å². The van der Waals surface area contributed by atoms with Crippen molar-refractivity contribution in [1.82, 2.24) is 0 Å². The van der Waals surface area contributed by atoms with Crippen LogP contribution in [0.3, 0.4) is 0 Å². The van der Waals surface area contributed by atoms with Crippen molar-refractivity contribution in [3.8, 4) is 5.75 Å². The van der Waals surface area contributed by atoms with E-state index in [4.69, 9.17) is 4.74 Å². The summed E-state index contributed by atoms with van der Waals surface area (Å²) >= 11 is 3.14. The van der Waals surface area contributed by atoms with E-state index in [1.165, 1.54) is 19.1 Å².